The van der Waals surface area contributed by atoms with Crippen LogP contribution in [0.1, 0.15) is 68.6 Å². The summed E-state index contributed by atoms with van der Waals surface area (Å²) in [4.78, 5) is 11.7. The molecule has 206 valence electrons. The number of benzene rings is 4. The molecule has 0 unspecified atom stereocenters. The van der Waals surface area contributed by atoms with Crippen LogP contribution in [0.4, 0.5) is 11.4 Å². The predicted molar refractivity (Wildman–Crippen MR) is 163 cm³/mol. The number of nitrogens with zero attached hydrogens (tertiary/aromatic N) is 2. The third kappa shape index (κ3) is 8.37. The molecule has 40 heavy (non-hydrogen) atoms. The number of unbranched alkanes of at least 4 members (excludes halogenated alkanes) is 7. The first-order valence-electron chi connectivity index (χ1n) is 14.3. The largest absolute Gasteiger partial charge is 0.494 e. The molecule has 0 saturated carbocycles. The van der Waals surface area contributed by atoms with Crippen LogP contribution in [0.25, 0.3) is 22.3 Å². The van der Waals surface area contributed by atoms with Crippen LogP contribution >= 0.6 is 0 Å². The lowest BCUT2D eigenvalue weighted by molar-refractivity contribution is 0.0697. The lowest BCUT2D eigenvalue weighted by Gasteiger charge is -2.10. The molecular weight excluding hydrogens is 496 g/mol. The van der Waals surface area contributed by atoms with Gasteiger partial charge in [-0.1, -0.05) is 119 Å². The lowest BCUT2D eigenvalue weighted by Crippen LogP contribution is -1.97. The summed E-state index contributed by atoms with van der Waals surface area (Å²) in [5, 5.41) is 18.7. The summed E-state index contributed by atoms with van der Waals surface area (Å²) in [6.07, 6.45) is 10.2. The number of ether oxygens (including phenoxy) is 1. The molecule has 4 rings (SSSR count). The van der Waals surface area contributed by atoms with Gasteiger partial charge in [0.15, 0.2) is 0 Å². The molecule has 4 aromatic carbocycles. The van der Waals surface area contributed by atoms with E-state index < -0.39 is 5.97 Å². The summed E-state index contributed by atoms with van der Waals surface area (Å²) in [5.41, 5.74) is 5.10. The van der Waals surface area contributed by atoms with Crippen molar-refractivity contribution < 1.29 is 14.6 Å². The Bertz CT molecular complexity index is 1380. The second-order valence-corrected chi connectivity index (χ2v) is 9.97. The number of carbonyl (C=O) groups is 1. The Labute approximate surface area is 237 Å². The minimum atomic E-state index is -1.00. The molecule has 5 nitrogen and oxygen atoms in total. The minimum absolute atomic E-state index is 0.166. The first-order chi connectivity index (χ1) is 19.7. The van der Waals surface area contributed by atoms with Crippen LogP contribution in [-0.4, -0.2) is 17.7 Å². The van der Waals surface area contributed by atoms with Crippen LogP contribution in [0.15, 0.2) is 107 Å². The van der Waals surface area contributed by atoms with Crippen molar-refractivity contribution in [1.29, 1.82) is 0 Å². The third-order valence-corrected chi connectivity index (χ3v) is 6.93. The summed E-state index contributed by atoms with van der Waals surface area (Å²) in [7, 11) is 0. The van der Waals surface area contributed by atoms with Crippen molar-refractivity contribution in [3.8, 4) is 28.0 Å². The Kier molecular flexibility index (Phi) is 11.0. The van der Waals surface area contributed by atoms with Gasteiger partial charge in [0, 0.05) is 11.1 Å². The second-order valence-electron chi connectivity index (χ2n) is 9.97. The van der Waals surface area contributed by atoms with Gasteiger partial charge in [-0.2, -0.15) is 0 Å². The monoisotopic (exact) mass is 534 g/mol. The SMILES string of the molecule is CCCCCCCCCCOc1ccc(-c2ccc(C(=O)O)cc2N=Nc2ccccc2-c2ccccc2)cc1. The van der Waals surface area contributed by atoms with Crippen molar-refractivity contribution in [3.63, 3.8) is 0 Å². The molecular formula is C35H38N2O3. The molecule has 0 aliphatic rings. The maximum Gasteiger partial charge on any atom is 0.335 e. The normalized spacial score (nSPS) is 11.1. The quantitative estimate of drug-likeness (QED) is 0.122. The van der Waals surface area contributed by atoms with Crippen molar-refractivity contribution in [1.82, 2.24) is 0 Å². The van der Waals surface area contributed by atoms with Crippen LogP contribution in [0, 0.1) is 0 Å². The molecule has 0 spiro atoms. The van der Waals surface area contributed by atoms with Gasteiger partial charge in [-0.3, -0.25) is 0 Å². The summed E-state index contributed by atoms with van der Waals surface area (Å²) < 4.78 is 5.96. The van der Waals surface area contributed by atoms with E-state index >= 15 is 0 Å². The van der Waals surface area contributed by atoms with Gasteiger partial charge in [0.25, 0.3) is 0 Å². The highest BCUT2D eigenvalue weighted by atomic mass is 16.5. The van der Waals surface area contributed by atoms with Crippen LogP contribution in [-0.2, 0) is 0 Å². The molecule has 0 aliphatic heterocycles. The van der Waals surface area contributed by atoms with Crippen molar-refractivity contribution >= 4 is 17.3 Å². The number of aromatic carboxylic acids is 1. The van der Waals surface area contributed by atoms with Crippen molar-refractivity contribution in [2.45, 2.75) is 58.3 Å². The molecule has 5 heteroatoms. The molecule has 0 amide bonds. The van der Waals surface area contributed by atoms with E-state index in [1.54, 1.807) is 18.2 Å². The van der Waals surface area contributed by atoms with Gasteiger partial charge in [0.1, 0.15) is 5.75 Å². The number of rotatable bonds is 15. The van der Waals surface area contributed by atoms with Crippen LogP contribution < -0.4 is 4.74 Å². The number of hydrogen-bond acceptors (Lipinski definition) is 4. The Hall–Kier alpha value is -4.25. The maximum absolute atomic E-state index is 11.7. The summed E-state index contributed by atoms with van der Waals surface area (Å²) in [6, 6.07) is 30.6. The Morgan fingerprint density at radius 1 is 0.650 bits per heavy atom. The van der Waals surface area contributed by atoms with Gasteiger partial charge in [0.05, 0.1) is 23.5 Å². The Balaban J connectivity index is 1.45. The standard InChI is InChI=1S/C35H38N2O3/c1-2-3-4-5-6-7-8-14-25-40-30-22-19-28(20-23-30)32-24-21-29(35(38)39)26-34(32)37-36-33-18-13-12-17-31(33)27-15-10-9-11-16-27/h9-13,15-24,26H,2-8,14,25H2,1H3,(H,38,39). The molecule has 0 saturated heterocycles. The van der Waals surface area contributed by atoms with E-state index in [0.29, 0.717) is 18.0 Å². The van der Waals surface area contributed by atoms with E-state index in [9.17, 15) is 9.90 Å². The predicted octanol–water partition coefficient (Wildman–Crippen LogP) is 10.7. The second kappa shape index (κ2) is 15.4. The van der Waals surface area contributed by atoms with E-state index in [-0.39, 0.29) is 5.56 Å². The molecule has 0 bridgehead atoms. The smallest absolute Gasteiger partial charge is 0.335 e. The topological polar surface area (TPSA) is 71.2 Å². The Morgan fingerprint density at radius 2 is 1.25 bits per heavy atom. The molecule has 0 aromatic heterocycles. The van der Waals surface area contributed by atoms with Crippen LogP contribution in [0.3, 0.4) is 0 Å². The molecule has 0 aliphatic carbocycles. The molecule has 0 heterocycles. The van der Waals surface area contributed by atoms with Gasteiger partial charge in [0.2, 0.25) is 0 Å². The van der Waals surface area contributed by atoms with Gasteiger partial charge in [-0.05, 0) is 47.9 Å². The van der Waals surface area contributed by atoms with Crippen LogP contribution in [0.5, 0.6) is 5.75 Å². The van der Waals surface area contributed by atoms with E-state index in [4.69, 9.17) is 4.74 Å². The molecule has 0 fully saturated rings. The zero-order chi connectivity index (χ0) is 28.0. The molecule has 0 radical (unpaired) electrons. The molecule has 4 aromatic rings. The highest BCUT2D eigenvalue weighted by Crippen LogP contribution is 2.36. The molecule has 1 N–H and O–H groups in total. The zero-order valence-electron chi connectivity index (χ0n) is 23.3. The van der Waals surface area contributed by atoms with Gasteiger partial charge in [-0.15, -0.1) is 10.2 Å². The minimum Gasteiger partial charge on any atom is -0.494 e. The van der Waals surface area contributed by atoms with Gasteiger partial charge >= 0.3 is 5.97 Å². The average Bonchev–Trinajstić information content (AvgIpc) is 3.00. The van der Waals surface area contributed by atoms with Crippen molar-refractivity contribution in [3.05, 3.63) is 103 Å². The van der Waals surface area contributed by atoms with Gasteiger partial charge in [-0.25, -0.2) is 4.79 Å². The average molecular weight is 535 g/mol. The summed E-state index contributed by atoms with van der Waals surface area (Å²) >= 11 is 0. The van der Waals surface area contributed by atoms with Crippen LogP contribution in [0.2, 0.25) is 0 Å². The van der Waals surface area contributed by atoms with Gasteiger partial charge < -0.3 is 9.84 Å². The lowest BCUT2D eigenvalue weighted by atomic mass is 10.0. The third-order valence-electron chi connectivity index (χ3n) is 6.93. The fraction of sp³-hybridized carbons (Fsp3) is 0.286. The van der Waals surface area contributed by atoms with E-state index in [0.717, 1.165) is 34.4 Å². The molecule has 0 atom stereocenters. The zero-order valence-corrected chi connectivity index (χ0v) is 23.3. The summed E-state index contributed by atoms with van der Waals surface area (Å²) in [6.45, 7) is 2.96. The van der Waals surface area contributed by atoms with E-state index in [1.165, 1.54) is 44.9 Å². The number of azo groups is 1. The van der Waals surface area contributed by atoms with Crippen molar-refractivity contribution in [2.24, 2.45) is 10.2 Å². The maximum atomic E-state index is 11.7. The number of hydrogen-bond donors (Lipinski definition) is 1. The summed E-state index contributed by atoms with van der Waals surface area (Å²) in [5.74, 6) is -0.175. The number of carboxylic acid groups (broad SMARTS) is 1. The highest BCUT2D eigenvalue weighted by molar-refractivity contribution is 5.91. The van der Waals surface area contributed by atoms with E-state index in [1.807, 2.05) is 78.9 Å². The van der Waals surface area contributed by atoms with E-state index in [2.05, 4.69) is 17.2 Å². The first-order valence-corrected chi connectivity index (χ1v) is 14.3. The fourth-order valence-electron chi connectivity index (χ4n) is 4.68. The van der Waals surface area contributed by atoms with Crippen molar-refractivity contribution in [2.75, 3.05) is 6.61 Å². The Morgan fingerprint density at radius 3 is 1.98 bits per heavy atom. The number of carboxylic acids is 1. The highest BCUT2D eigenvalue weighted by Gasteiger charge is 2.11. The first kappa shape index (κ1) is 28.8. The fourth-order valence-corrected chi connectivity index (χ4v) is 4.68.